The van der Waals surface area contributed by atoms with Gasteiger partial charge >= 0.3 is 0 Å². The second kappa shape index (κ2) is 7.34. The number of amides is 2. The zero-order valence-corrected chi connectivity index (χ0v) is 18.1. The number of rotatable bonds is 6. The molecule has 3 aliphatic heterocycles. The highest BCUT2D eigenvalue weighted by Crippen LogP contribution is 2.53. The van der Waals surface area contributed by atoms with E-state index in [0.29, 0.717) is 25.6 Å². The Bertz CT molecular complexity index is 1010. The van der Waals surface area contributed by atoms with Gasteiger partial charge in [0.25, 0.3) is 0 Å². The number of hydrogen-bond acceptors (Lipinski definition) is 4. The number of carbonyl (C=O) groups excluding carboxylic acids is 2. The van der Waals surface area contributed by atoms with Crippen LogP contribution in [-0.2, 0) is 20.9 Å². The highest BCUT2D eigenvalue weighted by atomic mass is 16.5. The molecular weight excluding hydrogens is 392 g/mol. The van der Waals surface area contributed by atoms with Gasteiger partial charge in [0.05, 0.1) is 31.0 Å². The highest BCUT2D eigenvalue weighted by Gasteiger charge is 2.67. The average molecular weight is 421 g/mol. The number of ether oxygens (including phenoxy) is 1. The van der Waals surface area contributed by atoms with E-state index in [-0.39, 0.29) is 17.9 Å². The number of hydrogen-bond donors (Lipinski definition) is 0. The number of nitrogens with zero attached hydrogens (tertiary/aromatic N) is 4. The van der Waals surface area contributed by atoms with Crippen LogP contribution in [0.1, 0.15) is 25.3 Å². The van der Waals surface area contributed by atoms with Gasteiger partial charge in [0.2, 0.25) is 11.8 Å². The third kappa shape index (κ3) is 3.19. The lowest BCUT2D eigenvalue weighted by molar-refractivity contribution is -0.139. The van der Waals surface area contributed by atoms with Crippen LogP contribution in [0.5, 0.6) is 0 Å². The SMILES string of the molecule is CC(C)c1ccc(N2C[C@]34C=C[C@H](O3)C(C(=O)N(C)CCn3cccn3)C4C2=O)cc1. The first-order chi connectivity index (χ1) is 14.9. The maximum Gasteiger partial charge on any atom is 0.234 e. The molecule has 1 spiro atoms. The summed E-state index contributed by atoms with van der Waals surface area (Å²) in [4.78, 5) is 30.3. The normalized spacial score (nSPS) is 28.6. The highest BCUT2D eigenvalue weighted by molar-refractivity contribution is 6.03. The largest absolute Gasteiger partial charge is 0.360 e. The molecule has 3 aliphatic rings. The molecule has 2 bridgehead atoms. The van der Waals surface area contributed by atoms with Gasteiger partial charge in [0, 0.05) is 31.7 Å². The lowest BCUT2D eigenvalue weighted by Gasteiger charge is -2.27. The first kappa shape index (κ1) is 20.0. The Morgan fingerprint density at radius 1 is 1.32 bits per heavy atom. The molecule has 31 heavy (non-hydrogen) atoms. The van der Waals surface area contributed by atoms with E-state index < -0.39 is 17.4 Å². The summed E-state index contributed by atoms with van der Waals surface area (Å²) in [6, 6.07) is 9.99. The zero-order valence-electron chi connectivity index (χ0n) is 18.1. The standard InChI is InChI=1S/C24H28N4O3/c1-16(2)17-5-7-18(8-6-17)28-15-24-10-9-19(31-24)20(21(24)23(28)30)22(29)26(3)13-14-27-12-4-11-25-27/h4-12,16,19-21H,13-15H2,1-3H3/t19-,20?,21?,24-/m0/s1. The number of carbonyl (C=O) groups is 2. The molecule has 1 aromatic heterocycles. The molecule has 2 fully saturated rings. The molecule has 0 N–H and O–H groups in total. The van der Waals surface area contributed by atoms with Gasteiger partial charge in [-0.2, -0.15) is 5.10 Å². The Balaban J connectivity index is 1.35. The predicted molar refractivity (Wildman–Crippen MR) is 116 cm³/mol. The Morgan fingerprint density at radius 3 is 2.77 bits per heavy atom. The van der Waals surface area contributed by atoms with Crippen molar-refractivity contribution < 1.29 is 14.3 Å². The minimum Gasteiger partial charge on any atom is -0.360 e. The molecule has 2 aromatic rings. The quantitative estimate of drug-likeness (QED) is 0.674. The summed E-state index contributed by atoms with van der Waals surface area (Å²) in [6.45, 7) is 5.89. The number of anilines is 1. The number of likely N-dealkylation sites (N-methyl/N-ethyl adjacent to an activating group) is 1. The molecule has 2 unspecified atom stereocenters. The van der Waals surface area contributed by atoms with Gasteiger partial charge in [-0.1, -0.05) is 38.1 Å². The molecule has 0 radical (unpaired) electrons. The molecule has 4 atom stereocenters. The molecule has 7 heteroatoms. The van der Waals surface area contributed by atoms with Crippen LogP contribution in [0, 0.1) is 11.8 Å². The van der Waals surface area contributed by atoms with Crippen molar-refractivity contribution in [1.82, 2.24) is 14.7 Å². The van der Waals surface area contributed by atoms with Gasteiger partial charge in [0.1, 0.15) is 5.60 Å². The van der Waals surface area contributed by atoms with Crippen molar-refractivity contribution >= 4 is 17.5 Å². The summed E-state index contributed by atoms with van der Waals surface area (Å²) in [5.41, 5.74) is 1.39. The van der Waals surface area contributed by atoms with Crippen LogP contribution in [-0.4, -0.2) is 58.3 Å². The van der Waals surface area contributed by atoms with Crippen molar-refractivity contribution in [2.24, 2.45) is 11.8 Å². The molecule has 5 rings (SSSR count). The van der Waals surface area contributed by atoms with Crippen LogP contribution in [0.2, 0.25) is 0 Å². The van der Waals surface area contributed by atoms with Crippen LogP contribution < -0.4 is 4.90 Å². The molecule has 2 amide bonds. The first-order valence-electron chi connectivity index (χ1n) is 10.9. The van der Waals surface area contributed by atoms with E-state index in [9.17, 15) is 9.59 Å². The van der Waals surface area contributed by atoms with E-state index >= 15 is 0 Å². The maximum absolute atomic E-state index is 13.5. The lowest BCUT2D eigenvalue weighted by Crippen LogP contribution is -2.45. The van der Waals surface area contributed by atoms with E-state index in [2.05, 4.69) is 31.1 Å². The fourth-order valence-corrected chi connectivity index (χ4v) is 5.09. The lowest BCUT2D eigenvalue weighted by atomic mass is 9.76. The molecule has 2 saturated heterocycles. The second-order valence-corrected chi connectivity index (χ2v) is 9.10. The van der Waals surface area contributed by atoms with E-state index in [1.807, 2.05) is 36.5 Å². The molecule has 7 nitrogen and oxygen atoms in total. The van der Waals surface area contributed by atoms with Crippen molar-refractivity contribution in [3.05, 3.63) is 60.4 Å². The maximum atomic E-state index is 13.5. The summed E-state index contributed by atoms with van der Waals surface area (Å²) in [6.07, 6.45) is 7.22. The van der Waals surface area contributed by atoms with E-state index in [1.165, 1.54) is 5.56 Å². The van der Waals surface area contributed by atoms with Crippen molar-refractivity contribution in [2.75, 3.05) is 25.0 Å². The Kier molecular flexibility index (Phi) is 4.73. The zero-order chi connectivity index (χ0) is 21.8. The van der Waals surface area contributed by atoms with Crippen LogP contribution in [0.15, 0.2) is 54.9 Å². The summed E-state index contributed by atoms with van der Waals surface area (Å²) >= 11 is 0. The predicted octanol–water partition coefficient (Wildman–Crippen LogP) is 2.45. The molecule has 4 heterocycles. The van der Waals surface area contributed by atoms with E-state index in [1.54, 1.807) is 27.7 Å². The Labute approximate surface area is 182 Å². The summed E-state index contributed by atoms with van der Waals surface area (Å²) < 4.78 is 8.06. The minimum atomic E-state index is -0.707. The molecule has 162 valence electrons. The van der Waals surface area contributed by atoms with Crippen molar-refractivity contribution in [3.63, 3.8) is 0 Å². The van der Waals surface area contributed by atoms with Gasteiger partial charge in [-0.3, -0.25) is 14.3 Å². The molecule has 0 saturated carbocycles. The third-order valence-corrected chi connectivity index (χ3v) is 6.86. The van der Waals surface area contributed by atoms with Crippen molar-refractivity contribution in [2.45, 2.75) is 38.0 Å². The Morgan fingerprint density at radius 2 is 2.10 bits per heavy atom. The van der Waals surface area contributed by atoms with E-state index in [4.69, 9.17) is 4.74 Å². The van der Waals surface area contributed by atoms with Gasteiger partial charge in [0.15, 0.2) is 0 Å². The summed E-state index contributed by atoms with van der Waals surface area (Å²) in [7, 11) is 1.79. The fraction of sp³-hybridized carbons (Fsp3) is 0.458. The first-order valence-corrected chi connectivity index (χ1v) is 10.9. The van der Waals surface area contributed by atoms with Gasteiger partial charge in [-0.25, -0.2) is 0 Å². The molecular formula is C24H28N4O3. The van der Waals surface area contributed by atoms with Crippen LogP contribution in [0.3, 0.4) is 0 Å². The smallest absolute Gasteiger partial charge is 0.234 e. The topological polar surface area (TPSA) is 67.7 Å². The molecule has 0 aliphatic carbocycles. The fourth-order valence-electron chi connectivity index (χ4n) is 5.09. The van der Waals surface area contributed by atoms with Crippen LogP contribution in [0.4, 0.5) is 5.69 Å². The third-order valence-electron chi connectivity index (χ3n) is 6.86. The average Bonchev–Trinajstić information content (AvgIpc) is 3.54. The minimum absolute atomic E-state index is 0.0250. The molecule has 1 aromatic carbocycles. The number of fused-ring (bicyclic) bond motifs is 1. The summed E-state index contributed by atoms with van der Waals surface area (Å²) in [5.74, 6) is -0.601. The van der Waals surface area contributed by atoms with Gasteiger partial charge in [-0.15, -0.1) is 0 Å². The van der Waals surface area contributed by atoms with Crippen LogP contribution >= 0.6 is 0 Å². The summed E-state index contributed by atoms with van der Waals surface area (Å²) in [5, 5.41) is 4.19. The van der Waals surface area contributed by atoms with E-state index in [0.717, 1.165) is 5.69 Å². The number of benzene rings is 1. The second-order valence-electron chi connectivity index (χ2n) is 9.10. The van der Waals surface area contributed by atoms with Crippen LogP contribution in [0.25, 0.3) is 0 Å². The van der Waals surface area contributed by atoms with Gasteiger partial charge < -0.3 is 14.5 Å². The monoisotopic (exact) mass is 420 g/mol. The van der Waals surface area contributed by atoms with Gasteiger partial charge in [-0.05, 0) is 29.7 Å². The number of aromatic nitrogens is 2. The van der Waals surface area contributed by atoms with Crippen molar-refractivity contribution in [1.29, 1.82) is 0 Å². The Hall–Kier alpha value is -2.93. The van der Waals surface area contributed by atoms with Crippen molar-refractivity contribution in [3.8, 4) is 0 Å².